The van der Waals surface area contributed by atoms with Crippen LogP contribution < -0.4 is 4.74 Å². The number of carbonyl (C=O) groups is 1. The van der Waals surface area contributed by atoms with Crippen molar-refractivity contribution >= 4 is 5.91 Å². The Morgan fingerprint density at radius 1 is 1.19 bits per heavy atom. The number of pyridine rings is 1. The highest BCUT2D eigenvalue weighted by Gasteiger charge is 2.33. The number of likely N-dealkylation sites (tertiary alicyclic amines) is 1. The Labute approximate surface area is 177 Å². The lowest BCUT2D eigenvalue weighted by atomic mass is 10.1. The number of aromatic nitrogens is 3. The maximum absolute atomic E-state index is 12.8. The molecule has 3 heterocycles. The standard InChI is InChI=1S/C22H21F3N4O2/c23-22(24,25)15-5-3-6-17(13-15)31-12-9-16-14-19(28-27-16)20-8-4-11-29(20)21(30)18-7-1-2-10-26-18/h1-3,5-7,10,13-14,20H,4,8-9,11-12H2,(H,27,28)/t20-/m0/s1. The van der Waals surface area contributed by atoms with Crippen LogP contribution in [0.25, 0.3) is 0 Å². The minimum Gasteiger partial charge on any atom is -0.493 e. The van der Waals surface area contributed by atoms with Crippen LogP contribution in [0.4, 0.5) is 13.2 Å². The molecular formula is C22H21F3N4O2. The van der Waals surface area contributed by atoms with Crippen LogP contribution >= 0.6 is 0 Å². The topological polar surface area (TPSA) is 71.1 Å². The smallest absolute Gasteiger partial charge is 0.416 e. The van der Waals surface area contributed by atoms with Gasteiger partial charge in [-0.15, -0.1) is 0 Å². The van der Waals surface area contributed by atoms with Gasteiger partial charge in [-0.3, -0.25) is 14.9 Å². The van der Waals surface area contributed by atoms with Gasteiger partial charge in [0.25, 0.3) is 5.91 Å². The molecule has 31 heavy (non-hydrogen) atoms. The molecule has 1 aliphatic heterocycles. The van der Waals surface area contributed by atoms with Gasteiger partial charge in [-0.25, -0.2) is 0 Å². The van der Waals surface area contributed by atoms with Gasteiger partial charge in [0.1, 0.15) is 11.4 Å². The third-order valence-electron chi connectivity index (χ3n) is 5.19. The van der Waals surface area contributed by atoms with Crippen LogP contribution in [-0.2, 0) is 12.6 Å². The molecule has 0 spiro atoms. The van der Waals surface area contributed by atoms with E-state index in [0.29, 0.717) is 18.7 Å². The highest BCUT2D eigenvalue weighted by Crippen LogP contribution is 2.33. The van der Waals surface area contributed by atoms with Crippen molar-refractivity contribution in [3.63, 3.8) is 0 Å². The molecule has 4 rings (SSSR count). The molecule has 2 aromatic heterocycles. The Hall–Kier alpha value is -3.36. The number of carbonyl (C=O) groups excluding carboxylic acids is 1. The summed E-state index contributed by atoms with van der Waals surface area (Å²) in [6, 6.07) is 11.8. The maximum atomic E-state index is 12.8. The van der Waals surface area contributed by atoms with E-state index in [9.17, 15) is 18.0 Å². The number of alkyl halides is 3. The molecule has 9 heteroatoms. The third-order valence-corrected chi connectivity index (χ3v) is 5.19. The van der Waals surface area contributed by atoms with E-state index in [-0.39, 0.29) is 24.3 Å². The Morgan fingerprint density at radius 3 is 2.84 bits per heavy atom. The number of hydrogen-bond acceptors (Lipinski definition) is 4. The predicted octanol–water partition coefficient (Wildman–Crippen LogP) is 4.42. The number of H-pyrrole nitrogens is 1. The Balaban J connectivity index is 1.37. The normalized spacial score (nSPS) is 16.5. The minimum absolute atomic E-state index is 0.125. The van der Waals surface area contributed by atoms with Gasteiger partial charge >= 0.3 is 6.18 Å². The summed E-state index contributed by atoms with van der Waals surface area (Å²) in [5, 5.41) is 7.29. The van der Waals surface area contributed by atoms with Crippen molar-refractivity contribution in [1.29, 1.82) is 0 Å². The number of nitrogens with one attached hydrogen (secondary N) is 1. The molecule has 3 aromatic rings. The highest BCUT2D eigenvalue weighted by atomic mass is 19.4. The van der Waals surface area contributed by atoms with E-state index in [2.05, 4.69) is 15.2 Å². The van der Waals surface area contributed by atoms with Crippen molar-refractivity contribution in [2.75, 3.05) is 13.2 Å². The van der Waals surface area contributed by atoms with Crippen molar-refractivity contribution < 1.29 is 22.7 Å². The summed E-state index contributed by atoms with van der Waals surface area (Å²) < 4.78 is 43.9. The van der Waals surface area contributed by atoms with Crippen molar-refractivity contribution in [2.24, 2.45) is 0 Å². The van der Waals surface area contributed by atoms with Crippen molar-refractivity contribution in [2.45, 2.75) is 31.5 Å². The number of nitrogens with zero attached hydrogens (tertiary/aromatic N) is 3. The van der Waals surface area contributed by atoms with E-state index in [1.807, 2.05) is 6.07 Å². The van der Waals surface area contributed by atoms with Crippen LogP contribution in [0.1, 0.15) is 46.3 Å². The van der Waals surface area contributed by atoms with Gasteiger partial charge in [-0.1, -0.05) is 12.1 Å². The molecule has 1 saturated heterocycles. The quantitative estimate of drug-likeness (QED) is 0.628. The van der Waals surface area contributed by atoms with Crippen molar-refractivity contribution in [3.8, 4) is 5.75 Å². The molecule has 1 amide bonds. The lowest BCUT2D eigenvalue weighted by Gasteiger charge is -2.22. The number of hydrogen-bond donors (Lipinski definition) is 1. The van der Waals surface area contributed by atoms with Crippen molar-refractivity contribution in [3.05, 3.63) is 77.4 Å². The van der Waals surface area contributed by atoms with Crippen molar-refractivity contribution in [1.82, 2.24) is 20.1 Å². The summed E-state index contributed by atoms with van der Waals surface area (Å²) in [6.45, 7) is 0.838. The van der Waals surface area contributed by atoms with Crippen LogP contribution in [0, 0.1) is 0 Å². The second-order valence-electron chi connectivity index (χ2n) is 7.31. The molecule has 0 unspecified atom stereocenters. The van der Waals surface area contributed by atoms with Crippen LogP contribution in [0.3, 0.4) is 0 Å². The Kier molecular flexibility index (Phi) is 5.92. The van der Waals surface area contributed by atoms with E-state index >= 15 is 0 Å². The summed E-state index contributed by atoms with van der Waals surface area (Å²) in [4.78, 5) is 18.7. The molecular weight excluding hydrogens is 409 g/mol. The van der Waals surface area contributed by atoms with E-state index in [0.717, 1.165) is 36.4 Å². The zero-order chi connectivity index (χ0) is 21.8. The number of rotatable bonds is 6. The fourth-order valence-corrected chi connectivity index (χ4v) is 3.67. The number of amides is 1. The van der Waals surface area contributed by atoms with E-state index in [1.165, 1.54) is 12.1 Å². The largest absolute Gasteiger partial charge is 0.493 e. The van der Waals surface area contributed by atoms with Gasteiger partial charge in [0.15, 0.2) is 0 Å². The molecule has 1 atom stereocenters. The Morgan fingerprint density at radius 2 is 2.06 bits per heavy atom. The van der Waals surface area contributed by atoms with Gasteiger partial charge in [0.05, 0.1) is 23.9 Å². The molecule has 1 fully saturated rings. The predicted molar refractivity (Wildman–Crippen MR) is 106 cm³/mol. The summed E-state index contributed by atoms with van der Waals surface area (Å²) in [5.41, 5.74) is 1.21. The molecule has 162 valence electrons. The molecule has 0 saturated carbocycles. The van der Waals surface area contributed by atoms with Gasteiger partial charge in [0.2, 0.25) is 0 Å². The summed E-state index contributed by atoms with van der Waals surface area (Å²) in [6.07, 6.45) is -0.676. The highest BCUT2D eigenvalue weighted by molar-refractivity contribution is 5.92. The zero-order valence-electron chi connectivity index (χ0n) is 16.6. The second kappa shape index (κ2) is 8.79. The zero-order valence-corrected chi connectivity index (χ0v) is 16.6. The van der Waals surface area contributed by atoms with Crippen LogP contribution in [0.2, 0.25) is 0 Å². The van der Waals surface area contributed by atoms with Crippen LogP contribution in [-0.4, -0.2) is 39.1 Å². The minimum atomic E-state index is -4.41. The molecule has 0 aliphatic carbocycles. The average molecular weight is 430 g/mol. The lowest BCUT2D eigenvalue weighted by Crippen LogP contribution is -2.31. The Bertz CT molecular complexity index is 1040. The fourth-order valence-electron chi connectivity index (χ4n) is 3.67. The third kappa shape index (κ3) is 4.87. The first-order chi connectivity index (χ1) is 14.9. The molecule has 1 aliphatic rings. The number of halogens is 3. The molecule has 6 nitrogen and oxygen atoms in total. The van der Waals surface area contributed by atoms with Crippen LogP contribution in [0.5, 0.6) is 5.75 Å². The number of ether oxygens (including phenoxy) is 1. The maximum Gasteiger partial charge on any atom is 0.416 e. The summed E-state index contributed by atoms with van der Waals surface area (Å²) in [7, 11) is 0. The fraction of sp³-hybridized carbons (Fsp3) is 0.318. The first kappa shape index (κ1) is 20.9. The molecule has 0 bridgehead atoms. The van der Waals surface area contributed by atoms with Gasteiger partial charge in [-0.2, -0.15) is 18.3 Å². The van der Waals surface area contributed by atoms with E-state index < -0.39 is 11.7 Å². The van der Waals surface area contributed by atoms with E-state index in [1.54, 1.807) is 29.3 Å². The lowest BCUT2D eigenvalue weighted by molar-refractivity contribution is -0.137. The SMILES string of the molecule is O=C(c1ccccn1)N1CCC[C@H]1c1cc(CCOc2cccc(C(F)(F)F)c2)[nH]n1. The van der Waals surface area contributed by atoms with Crippen LogP contribution in [0.15, 0.2) is 54.7 Å². The number of benzene rings is 1. The molecule has 0 radical (unpaired) electrons. The molecule has 1 N–H and O–H groups in total. The summed E-state index contributed by atoms with van der Waals surface area (Å²) in [5.74, 6) is 0.0398. The molecule has 1 aromatic carbocycles. The monoisotopic (exact) mass is 430 g/mol. The van der Waals surface area contributed by atoms with Gasteiger partial charge in [0, 0.05) is 24.9 Å². The average Bonchev–Trinajstić information content (AvgIpc) is 3.43. The van der Waals surface area contributed by atoms with Gasteiger partial charge in [-0.05, 0) is 49.2 Å². The van der Waals surface area contributed by atoms with E-state index in [4.69, 9.17) is 4.74 Å². The first-order valence-corrected chi connectivity index (χ1v) is 9.98. The first-order valence-electron chi connectivity index (χ1n) is 9.98. The van der Waals surface area contributed by atoms with Gasteiger partial charge < -0.3 is 9.64 Å². The summed E-state index contributed by atoms with van der Waals surface area (Å²) >= 11 is 0. The number of aromatic amines is 1. The second-order valence-corrected chi connectivity index (χ2v) is 7.31.